The van der Waals surface area contributed by atoms with E-state index in [1.54, 1.807) is 0 Å². The molecular formula is C13H15NO3. The molecule has 1 aromatic carbocycles. The third-order valence-corrected chi connectivity index (χ3v) is 3.24. The maximum Gasteiger partial charge on any atom is 0.186 e. The molecule has 1 aromatic rings. The van der Waals surface area contributed by atoms with E-state index in [2.05, 4.69) is 5.32 Å². The normalized spacial score (nSPS) is 31.9. The highest BCUT2D eigenvalue weighted by Crippen LogP contribution is 2.26. The van der Waals surface area contributed by atoms with Crippen LogP contribution in [-0.4, -0.2) is 24.4 Å². The van der Waals surface area contributed by atoms with E-state index in [9.17, 15) is 4.79 Å². The van der Waals surface area contributed by atoms with Crippen LogP contribution in [0.1, 0.15) is 28.4 Å². The number of carbonyl (C=O) groups excluding carboxylic acids is 1. The Labute approximate surface area is 99.9 Å². The van der Waals surface area contributed by atoms with E-state index in [-0.39, 0.29) is 18.1 Å². The van der Waals surface area contributed by atoms with Gasteiger partial charge in [0.2, 0.25) is 0 Å². The van der Waals surface area contributed by atoms with Gasteiger partial charge in [-0.2, -0.15) is 0 Å². The number of hydrogen-bond donors (Lipinski definition) is 1. The molecule has 0 spiro atoms. The van der Waals surface area contributed by atoms with Gasteiger partial charge < -0.3 is 9.47 Å². The molecule has 2 heterocycles. The first kappa shape index (κ1) is 10.9. The lowest BCUT2D eigenvalue weighted by Gasteiger charge is -2.40. The number of benzene rings is 1. The summed E-state index contributed by atoms with van der Waals surface area (Å²) in [5.41, 5.74) is 3.01. The van der Waals surface area contributed by atoms with Crippen molar-refractivity contribution in [3.05, 3.63) is 34.9 Å². The molecule has 4 nitrogen and oxygen atoms in total. The van der Waals surface area contributed by atoms with Crippen LogP contribution in [0.5, 0.6) is 0 Å². The van der Waals surface area contributed by atoms with E-state index in [0.29, 0.717) is 6.54 Å². The Kier molecular flexibility index (Phi) is 2.50. The zero-order valence-electron chi connectivity index (χ0n) is 9.90. The van der Waals surface area contributed by atoms with Gasteiger partial charge in [0.1, 0.15) is 6.04 Å². The molecular weight excluding hydrogens is 218 g/mol. The summed E-state index contributed by atoms with van der Waals surface area (Å²) in [6.45, 7) is 4.53. The van der Waals surface area contributed by atoms with Gasteiger partial charge in [0.25, 0.3) is 0 Å². The predicted molar refractivity (Wildman–Crippen MR) is 61.6 cm³/mol. The summed E-state index contributed by atoms with van der Waals surface area (Å²) in [6.07, 6.45) is -0.638. The highest BCUT2D eigenvalue weighted by Gasteiger charge is 2.41. The lowest BCUT2D eigenvalue weighted by atomic mass is 9.92. The summed E-state index contributed by atoms with van der Waals surface area (Å²) in [7, 11) is 0. The van der Waals surface area contributed by atoms with Crippen LogP contribution >= 0.6 is 0 Å². The van der Waals surface area contributed by atoms with Crippen molar-refractivity contribution in [2.45, 2.75) is 39.0 Å². The molecule has 0 aromatic heterocycles. The average Bonchev–Trinajstić information content (AvgIpc) is 2.26. The molecule has 0 amide bonds. The number of ether oxygens (including phenoxy) is 2. The van der Waals surface area contributed by atoms with E-state index in [4.69, 9.17) is 9.47 Å². The summed E-state index contributed by atoms with van der Waals surface area (Å²) in [4.78, 5) is 12.2. The Bertz CT molecular complexity index is 466. The van der Waals surface area contributed by atoms with Gasteiger partial charge in [-0.05, 0) is 19.4 Å². The fourth-order valence-electron chi connectivity index (χ4n) is 2.35. The largest absolute Gasteiger partial charge is 0.322 e. The molecule has 0 saturated carbocycles. The molecule has 90 valence electrons. The van der Waals surface area contributed by atoms with Crippen molar-refractivity contribution >= 4 is 5.78 Å². The number of Topliss-reactive ketones (excluding diaryl/α,β-unsaturated/α-hetero) is 1. The smallest absolute Gasteiger partial charge is 0.186 e. The average molecular weight is 233 g/mol. The van der Waals surface area contributed by atoms with E-state index in [1.165, 1.54) is 5.56 Å². The number of hydrogen-bond acceptors (Lipinski definition) is 4. The third-order valence-electron chi connectivity index (χ3n) is 3.24. The van der Waals surface area contributed by atoms with Gasteiger partial charge in [0.15, 0.2) is 18.4 Å². The quantitative estimate of drug-likeness (QED) is 0.795. The maximum absolute atomic E-state index is 12.2. The molecule has 4 heteroatoms. The highest BCUT2D eigenvalue weighted by molar-refractivity contribution is 6.02. The fraction of sp³-hybridized carbons (Fsp3) is 0.462. The van der Waals surface area contributed by atoms with Crippen molar-refractivity contribution in [1.29, 1.82) is 0 Å². The van der Waals surface area contributed by atoms with Crippen LogP contribution < -0.4 is 5.32 Å². The molecule has 3 rings (SSSR count). The van der Waals surface area contributed by atoms with E-state index < -0.39 is 6.29 Å². The molecule has 0 bridgehead atoms. The van der Waals surface area contributed by atoms with Crippen LogP contribution in [-0.2, 0) is 16.0 Å². The molecule has 1 N–H and O–H groups in total. The summed E-state index contributed by atoms with van der Waals surface area (Å²) in [5, 5.41) is 3.18. The SMILES string of the molecule is Cc1ccc2c(c1)CNC(C1OC(C)O1)C2=O. The summed E-state index contributed by atoms with van der Waals surface area (Å²) >= 11 is 0. The summed E-state index contributed by atoms with van der Waals surface area (Å²) in [6, 6.07) is 5.52. The van der Waals surface area contributed by atoms with Crippen molar-refractivity contribution in [2.24, 2.45) is 0 Å². The highest BCUT2D eigenvalue weighted by atomic mass is 16.9. The zero-order valence-corrected chi connectivity index (χ0v) is 9.90. The summed E-state index contributed by atoms with van der Waals surface area (Å²) in [5.74, 6) is 0.0585. The van der Waals surface area contributed by atoms with Gasteiger partial charge in [-0.3, -0.25) is 10.1 Å². The Morgan fingerprint density at radius 2 is 2.12 bits per heavy atom. The molecule has 1 saturated heterocycles. The topological polar surface area (TPSA) is 47.6 Å². The second kappa shape index (κ2) is 3.91. The third kappa shape index (κ3) is 1.78. The second-order valence-electron chi connectivity index (χ2n) is 4.59. The minimum absolute atomic E-state index is 0.0585. The van der Waals surface area contributed by atoms with Gasteiger partial charge in [-0.1, -0.05) is 23.8 Å². The van der Waals surface area contributed by atoms with Gasteiger partial charge >= 0.3 is 0 Å². The first-order valence-corrected chi connectivity index (χ1v) is 5.83. The number of nitrogens with one attached hydrogen (secondary N) is 1. The predicted octanol–water partition coefficient (Wildman–Crippen LogP) is 1.37. The number of fused-ring (bicyclic) bond motifs is 1. The Morgan fingerprint density at radius 1 is 1.35 bits per heavy atom. The van der Waals surface area contributed by atoms with Crippen LogP contribution in [0.3, 0.4) is 0 Å². The lowest BCUT2D eigenvalue weighted by Crippen LogP contribution is -2.57. The molecule has 1 unspecified atom stereocenters. The van der Waals surface area contributed by atoms with Crippen LogP contribution in [0.4, 0.5) is 0 Å². The molecule has 17 heavy (non-hydrogen) atoms. The lowest BCUT2D eigenvalue weighted by molar-refractivity contribution is -0.379. The van der Waals surface area contributed by atoms with Crippen LogP contribution in [0, 0.1) is 6.92 Å². The number of ketones is 1. The molecule has 0 aliphatic carbocycles. The summed E-state index contributed by atoms with van der Waals surface area (Å²) < 4.78 is 10.8. The Morgan fingerprint density at radius 3 is 2.82 bits per heavy atom. The fourth-order valence-corrected chi connectivity index (χ4v) is 2.35. The molecule has 1 atom stereocenters. The Balaban J connectivity index is 1.85. The van der Waals surface area contributed by atoms with Crippen molar-refractivity contribution in [1.82, 2.24) is 5.32 Å². The van der Waals surface area contributed by atoms with Crippen LogP contribution in [0.15, 0.2) is 18.2 Å². The van der Waals surface area contributed by atoms with E-state index >= 15 is 0 Å². The Hall–Kier alpha value is -1.23. The standard InChI is InChI=1S/C13H15NO3/c1-7-3-4-10-9(5-7)6-14-11(12(10)15)13-16-8(2)17-13/h3-5,8,11,13-14H,6H2,1-2H3. The van der Waals surface area contributed by atoms with Crippen molar-refractivity contribution in [3.63, 3.8) is 0 Å². The van der Waals surface area contributed by atoms with Gasteiger partial charge in [-0.25, -0.2) is 0 Å². The van der Waals surface area contributed by atoms with Gasteiger partial charge in [-0.15, -0.1) is 0 Å². The second-order valence-corrected chi connectivity index (χ2v) is 4.59. The monoisotopic (exact) mass is 233 g/mol. The van der Waals surface area contributed by atoms with Crippen LogP contribution in [0.25, 0.3) is 0 Å². The van der Waals surface area contributed by atoms with Gasteiger partial charge in [0.05, 0.1) is 0 Å². The molecule has 2 aliphatic rings. The number of carbonyl (C=O) groups is 1. The van der Waals surface area contributed by atoms with E-state index in [0.717, 1.165) is 11.1 Å². The maximum atomic E-state index is 12.2. The van der Waals surface area contributed by atoms with Crippen LogP contribution in [0.2, 0.25) is 0 Å². The minimum atomic E-state index is -0.438. The van der Waals surface area contributed by atoms with Crippen molar-refractivity contribution in [2.75, 3.05) is 0 Å². The van der Waals surface area contributed by atoms with Crippen molar-refractivity contribution in [3.8, 4) is 0 Å². The first-order valence-electron chi connectivity index (χ1n) is 5.83. The number of aryl methyl sites for hydroxylation is 1. The minimum Gasteiger partial charge on any atom is -0.322 e. The van der Waals surface area contributed by atoms with Gasteiger partial charge in [0, 0.05) is 12.1 Å². The first-order chi connectivity index (χ1) is 8.15. The van der Waals surface area contributed by atoms with E-state index in [1.807, 2.05) is 32.0 Å². The molecule has 0 radical (unpaired) electrons. The number of rotatable bonds is 1. The molecule has 1 fully saturated rings. The van der Waals surface area contributed by atoms with Crippen molar-refractivity contribution < 1.29 is 14.3 Å². The zero-order chi connectivity index (χ0) is 12.0. The molecule has 2 aliphatic heterocycles.